The number of nitrogens with one attached hydrogen (secondary N) is 1. The van der Waals surface area contributed by atoms with Gasteiger partial charge < -0.3 is 20.1 Å². The standard InChI is InChI=1S/C48H84NO8P/c1-3-5-7-9-11-13-15-17-19-21-23-24-26-28-30-32-34-36-38-40-47(51)49-42-43-56-58(53,54)57-45-46(50)44-55-48(52)41-39-37-35-33-31-29-27-25-22-20-18-16-14-12-10-8-6-4-2/h5,7,11,13,17,19,23-24,28,30,34,36,46,50H,3-4,6,8-10,12,14-16,18,20-22,25-27,29,31-33,35,37-45H2,1-2H3,(H,49,51)(H,53,54)/b7-5-,13-11-,19-17-,24-23-,30-28-,36-34-. The molecule has 334 valence electrons. The Balaban J connectivity index is 3.68. The molecule has 1 amide bonds. The van der Waals surface area contributed by atoms with E-state index in [0.29, 0.717) is 12.8 Å². The van der Waals surface area contributed by atoms with Crippen molar-refractivity contribution >= 4 is 19.7 Å². The fourth-order valence-electron chi connectivity index (χ4n) is 5.99. The summed E-state index contributed by atoms with van der Waals surface area (Å²) in [5, 5.41) is 12.7. The van der Waals surface area contributed by atoms with Crippen LogP contribution in [0.4, 0.5) is 0 Å². The summed E-state index contributed by atoms with van der Waals surface area (Å²) in [5.41, 5.74) is 0. The molecule has 0 saturated heterocycles. The lowest BCUT2D eigenvalue weighted by molar-refractivity contribution is -0.147. The first kappa shape index (κ1) is 55.5. The first-order chi connectivity index (χ1) is 28.3. The number of phosphoric ester groups is 1. The molecule has 0 aromatic carbocycles. The van der Waals surface area contributed by atoms with Crippen LogP contribution in [0, 0.1) is 0 Å². The molecule has 58 heavy (non-hydrogen) atoms. The van der Waals surface area contributed by atoms with Gasteiger partial charge in [-0.3, -0.25) is 18.6 Å². The van der Waals surface area contributed by atoms with E-state index in [0.717, 1.165) is 57.8 Å². The SMILES string of the molecule is CC/C=C\C/C=C\C/C=C\C/C=C\C/C=C\C/C=C\CCC(=O)NCCOP(=O)(O)OCC(O)COC(=O)CCCCCCCCCCCCCCCCCCCC. The Hall–Kier alpha value is -2.55. The highest BCUT2D eigenvalue weighted by atomic mass is 31.2. The Kier molecular flexibility index (Phi) is 42.1. The number of unbranched alkanes of at least 4 members (excludes halogenated alkanes) is 17. The summed E-state index contributed by atoms with van der Waals surface area (Å²) in [7, 11) is -4.44. The van der Waals surface area contributed by atoms with Gasteiger partial charge >= 0.3 is 13.8 Å². The average molecular weight is 834 g/mol. The molecule has 0 rings (SSSR count). The van der Waals surface area contributed by atoms with Crippen LogP contribution in [0.2, 0.25) is 0 Å². The van der Waals surface area contributed by atoms with Crippen molar-refractivity contribution in [3.05, 3.63) is 72.9 Å². The zero-order valence-corrected chi connectivity index (χ0v) is 37.6. The van der Waals surface area contributed by atoms with Crippen molar-refractivity contribution in [3.63, 3.8) is 0 Å². The third kappa shape index (κ3) is 44.6. The molecule has 9 nitrogen and oxygen atoms in total. The molecular weight excluding hydrogens is 750 g/mol. The Morgan fingerprint density at radius 1 is 0.552 bits per heavy atom. The smallest absolute Gasteiger partial charge is 0.463 e. The zero-order chi connectivity index (χ0) is 42.5. The van der Waals surface area contributed by atoms with Crippen molar-refractivity contribution in [2.75, 3.05) is 26.4 Å². The highest BCUT2D eigenvalue weighted by Gasteiger charge is 2.23. The second kappa shape index (κ2) is 44.0. The monoisotopic (exact) mass is 834 g/mol. The first-order valence-electron chi connectivity index (χ1n) is 22.9. The first-order valence-corrected chi connectivity index (χ1v) is 24.4. The van der Waals surface area contributed by atoms with Gasteiger partial charge in [0.05, 0.1) is 13.2 Å². The predicted molar refractivity (Wildman–Crippen MR) is 243 cm³/mol. The minimum absolute atomic E-state index is 0.0378. The molecule has 0 heterocycles. The largest absolute Gasteiger partial charge is 0.472 e. The highest BCUT2D eigenvalue weighted by molar-refractivity contribution is 7.47. The Bertz CT molecular complexity index is 1180. The fraction of sp³-hybridized carbons (Fsp3) is 0.708. The van der Waals surface area contributed by atoms with Crippen LogP contribution < -0.4 is 5.32 Å². The summed E-state index contributed by atoms with van der Waals surface area (Å²) in [6, 6.07) is 0. The Morgan fingerprint density at radius 3 is 1.41 bits per heavy atom. The van der Waals surface area contributed by atoms with Crippen LogP contribution in [0.25, 0.3) is 0 Å². The number of phosphoric acid groups is 1. The number of allylic oxidation sites excluding steroid dienone is 12. The lowest BCUT2D eigenvalue weighted by atomic mass is 10.0. The number of carbonyl (C=O) groups excluding carboxylic acids is 2. The lowest BCUT2D eigenvalue weighted by Crippen LogP contribution is -2.27. The van der Waals surface area contributed by atoms with Gasteiger partial charge in [-0.1, -0.05) is 196 Å². The molecule has 3 N–H and O–H groups in total. The van der Waals surface area contributed by atoms with Crippen LogP contribution >= 0.6 is 7.82 Å². The van der Waals surface area contributed by atoms with Crippen molar-refractivity contribution in [2.24, 2.45) is 0 Å². The van der Waals surface area contributed by atoms with Crippen molar-refractivity contribution in [2.45, 2.75) is 193 Å². The summed E-state index contributed by atoms with van der Waals surface area (Å²) >= 11 is 0. The average Bonchev–Trinajstić information content (AvgIpc) is 3.21. The second-order valence-corrected chi connectivity index (χ2v) is 16.5. The van der Waals surface area contributed by atoms with E-state index in [1.807, 2.05) is 12.2 Å². The number of hydrogen-bond acceptors (Lipinski definition) is 7. The second-order valence-electron chi connectivity index (χ2n) is 15.0. The predicted octanol–water partition coefficient (Wildman–Crippen LogP) is 13.0. The number of aliphatic hydroxyl groups excluding tert-OH is 1. The topological polar surface area (TPSA) is 131 Å². The quantitative estimate of drug-likeness (QED) is 0.0240. The van der Waals surface area contributed by atoms with Crippen molar-refractivity contribution in [1.29, 1.82) is 0 Å². The van der Waals surface area contributed by atoms with Gasteiger partial charge in [-0.15, -0.1) is 0 Å². The summed E-state index contributed by atoms with van der Waals surface area (Å²) < 4.78 is 26.9. The van der Waals surface area contributed by atoms with E-state index in [4.69, 9.17) is 13.8 Å². The van der Waals surface area contributed by atoms with Gasteiger partial charge in [0, 0.05) is 19.4 Å². The maximum absolute atomic E-state index is 12.1. The van der Waals surface area contributed by atoms with Gasteiger partial charge in [0.2, 0.25) is 5.91 Å². The van der Waals surface area contributed by atoms with Crippen LogP contribution in [-0.2, 0) is 27.9 Å². The normalized spacial score (nSPS) is 13.9. The van der Waals surface area contributed by atoms with Gasteiger partial charge in [0.1, 0.15) is 12.7 Å². The van der Waals surface area contributed by atoms with Gasteiger partial charge in [0.15, 0.2) is 0 Å². The van der Waals surface area contributed by atoms with Gasteiger partial charge in [-0.05, 0) is 51.4 Å². The minimum atomic E-state index is -4.44. The molecule has 0 saturated carbocycles. The third-order valence-electron chi connectivity index (χ3n) is 9.41. The molecule has 10 heteroatoms. The van der Waals surface area contributed by atoms with Crippen molar-refractivity contribution in [1.82, 2.24) is 5.32 Å². The Morgan fingerprint density at radius 2 is 0.966 bits per heavy atom. The summed E-state index contributed by atoms with van der Waals surface area (Å²) in [6.07, 6.45) is 54.2. The zero-order valence-electron chi connectivity index (χ0n) is 36.7. The molecule has 0 aliphatic heterocycles. The molecular formula is C48H84NO8P. The van der Waals surface area contributed by atoms with Gasteiger partial charge in [0.25, 0.3) is 0 Å². The number of amides is 1. The summed E-state index contributed by atoms with van der Waals surface area (Å²) in [5.74, 6) is -0.602. The Labute approximate surface area is 354 Å². The number of esters is 1. The number of hydrogen-bond donors (Lipinski definition) is 3. The molecule has 0 bridgehead atoms. The van der Waals surface area contributed by atoms with Crippen molar-refractivity contribution < 1.29 is 37.9 Å². The van der Waals surface area contributed by atoms with E-state index < -0.39 is 26.5 Å². The highest BCUT2D eigenvalue weighted by Crippen LogP contribution is 2.42. The maximum atomic E-state index is 12.1. The molecule has 0 radical (unpaired) electrons. The summed E-state index contributed by atoms with van der Waals surface area (Å²) in [4.78, 5) is 33.9. The lowest BCUT2D eigenvalue weighted by Gasteiger charge is -2.15. The van der Waals surface area contributed by atoms with Gasteiger partial charge in [-0.25, -0.2) is 4.57 Å². The molecule has 2 unspecified atom stereocenters. The van der Waals surface area contributed by atoms with Crippen LogP contribution in [0.1, 0.15) is 187 Å². The molecule has 0 aliphatic carbocycles. The third-order valence-corrected chi connectivity index (χ3v) is 10.4. The fourth-order valence-corrected chi connectivity index (χ4v) is 6.75. The van der Waals surface area contributed by atoms with E-state index in [-0.39, 0.29) is 32.1 Å². The molecule has 0 aromatic rings. The molecule has 0 fully saturated rings. The number of carbonyl (C=O) groups is 2. The number of aliphatic hydroxyl groups is 1. The molecule has 0 spiro atoms. The van der Waals surface area contributed by atoms with Gasteiger partial charge in [-0.2, -0.15) is 0 Å². The number of ether oxygens (including phenoxy) is 1. The van der Waals surface area contributed by atoms with Crippen LogP contribution in [0.3, 0.4) is 0 Å². The van der Waals surface area contributed by atoms with E-state index in [2.05, 4.69) is 79.9 Å². The van der Waals surface area contributed by atoms with E-state index in [9.17, 15) is 24.2 Å². The van der Waals surface area contributed by atoms with Crippen LogP contribution in [-0.4, -0.2) is 54.3 Å². The molecule has 0 aliphatic rings. The minimum Gasteiger partial charge on any atom is -0.463 e. The molecule has 0 aromatic heterocycles. The van der Waals surface area contributed by atoms with E-state index >= 15 is 0 Å². The van der Waals surface area contributed by atoms with E-state index in [1.54, 1.807) is 0 Å². The molecule has 2 atom stereocenters. The number of rotatable bonds is 42. The summed E-state index contributed by atoms with van der Waals surface area (Å²) in [6.45, 7) is 3.35. The van der Waals surface area contributed by atoms with Crippen LogP contribution in [0.5, 0.6) is 0 Å². The van der Waals surface area contributed by atoms with E-state index in [1.165, 1.54) is 96.3 Å². The maximum Gasteiger partial charge on any atom is 0.472 e. The van der Waals surface area contributed by atoms with Crippen LogP contribution in [0.15, 0.2) is 72.9 Å². The van der Waals surface area contributed by atoms with Crippen molar-refractivity contribution in [3.8, 4) is 0 Å².